The number of carbonyl (C=O) groups is 3. The molecule has 7 nitrogen and oxygen atoms in total. The number of carboxylic acid groups (broad SMARTS) is 1. The van der Waals surface area contributed by atoms with Crippen molar-refractivity contribution < 1.29 is 29.0 Å². The molecule has 0 aliphatic carbocycles. The SMILES string of the molecule is COC(=O)c1ccc(NC(=O)COCC(=O)O)c(C)c1. The van der Waals surface area contributed by atoms with E-state index >= 15 is 0 Å². The molecule has 108 valence electrons. The largest absolute Gasteiger partial charge is 0.480 e. The van der Waals surface area contributed by atoms with E-state index in [0.717, 1.165) is 0 Å². The summed E-state index contributed by atoms with van der Waals surface area (Å²) in [5, 5.41) is 10.9. The third-order valence-electron chi connectivity index (χ3n) is 2.38. The normalized spacial score (nSPS) is 9.90. The summed E-state index contributed by atoms with van der Waals surface area (Å²) in [4.78, 5) is 33.0. The van der Waals surface area contributed by atoms with Gasteiger partial charge in [-0.25, -0.2) is 9.59 Å². The average Bonchev–Trinajstić information content (AvgIpc) is 2.39. The summed E-state index contributed by atoms with van der Waals surface area (Å²) in [5.41, 5.74) is 1.58. The molecule has 0 heterocycles. The Kier molecular flexibility index (Phi) is 5.67. The number of methoxy groups -OCH3 is 1. The fraction of sp³-hybridized carbons (Fsp3) is 0.308. The van der Waals surface area contributed by atoms with E-state index in [2.05, 4.69) is 14.8 Å². The minimum absolute atomic E-state index is 0.357. The van der Waals surface area contributed by atoms with Crippen LogP contribution in [-0.4, -0.2) is 43.3 Å². The van der Waals surface area contributed by atoms with Crippen molar-refractivity contribution >= 4 is 23.5 Å². The first-order chi connectivity index (χ1) is 9.43. The van der Waals surface area contributed by atoms with Crippen LogP contribution in [0.15, 0.2) is 18.2 Å². The van der Waals surface area contributed by atoms with E-state index < -0.39 is 24.5 Å². The highest BCUT2D eigenvalue weighted by molar-refractivity contribution is 5.94. The Morgan fingerprint density at radius 1 is 1.25 bits per heavy atom. The Labute approximate surface area is 115 Å². The van der Waals surface area contributed by atoms with E-state index in [1.165, 1.54) is 13.2 Å². The number of aryl methyl sites for hydroxylation is 1. The Balaban J connectivity index is 2.62. The van der Waals surface area contributed by atoms with Gasteiger partial charge in [-0.15, -0.1) is 0 Å². The summed E-state index contributed by atoms with van der Waals surface area (Å²) in [6.07, 6.45) is 0. The Morgan fingerprint density at radius 3 is 2.50 bits per heavy atom. The van der Waals surface area contributed by atoms with Gasteiger partial charge in [0.2, 0.25) is 5.91 Å². The van der Waals surface area contributed by atoms with Crippen LogP contribution >= 0.6 is 0 Å². The number of hydrogen-bond acceptors (Lipinski definition) is 5. The van der Waals surface area contributed by atoms with Gasteiger partial charge in [-0.1, -0.05) is 0 Å². The van der Waals surface area contributed by atoms with Gasteiger partial charge in [0.1, 0.15) is 13.2 Å². The lowest BCUT2D eigenvalue weighted by Crippen LogP contribution is -2.21. The van der Waals surface area contributed by atoms with E-state index in [1.54, 1.807) is 19.1 Å². The molecule has 1 aromatic rings. The molecule has 0 spiro atoms. The first-order valence-corrected chi connectivity index (χ1v) is 5.72. The van der Waals surface area contributed by atoms with Crippen LogP contribution in [-0.2, 0) is 19.1 Å². The van der Waals surface area contributed by atoms with Gasteiger partial charge in [-0.2, -0.15) is 0 Å². The molecule has 0 aliphatic rings. The van der Waals surface area contributed by atoms with Crippen molar-refractivity contribution in [2.45, 2.75) is 6.92 Å². The van der Waals surface area contributed by atoms with Crippen molar-refractivity contribution in [1.82, 2.24) is 0 Å². The van der Waals surface area contributed by atoms with Gasteiger partial charge in [0, 0.05) is 5.69 Å². The number of anilines is 1. The molecule has 0 unspecified atom stereocenters. The van der Waals surface area contributed by atoms with E-state index in [9.17, 15) is 14.4 Å². The lowest BCUT2D eigenvalue weighted by atomic mass is 10.1. The molecule has 0 fully saturated rings. The van der Waals surface area contributed by atoms with Crippen LogP contribution in [0.1, 0.15) is 15.9 Å². The molecule has 1 amide bonds. The van der Waals surface area contributed by atoms with Gasteiger partial charge in [-0.3, -0.25) is 4.79 Å². The van der Waals surface area contributed by atoms with Crippen molar-refractivity contribution in [1.29, 1.82) is 0 Å². The standard InChI is InChI=1S/C13H15NO6/c1-8-5-9(13(18)19-2)3-4-10(8)14-11(15)6-20-7-12(16)17/h3-5H,6-7H2,1-2H3,(H,14,15)(H,16,17). The molecule has 20 heavy (non-hydrogen) atoms. The molecule has 0 saturated heterocycles. The summed E-state index contributed by atoms with van der Waals surface area (Å²) in [5.74, 6) is -2.08. The van der Waals surface area contributed by atoms with E-state index in [0.29, 0.717) is 16.8 Å². The van der Waals surface area contributed by atoms with Crippen molar-refractivity contribution in [3.63, 3.8) is 0 Å². The number of carbonyl (C=O) groups excluding carboxylic acids is 2. The van der Waals surface area contributed by atoms with Gasteiger partial charge in [-0.05, 0) is 30.7 Å². The van der Waals surface area contributed by atoms with Gasteiger partial charge >= 0.3 is 11.9 Å². The predicted octanol–water partition coefficient (Wildman–Crippen LogP) is 0.821. The zero-order valence-corrected chi connectivity index (χ0v) is 11.1. The Bertz CT molecular complexity index is 526. The third kappa shape index (κ3) is 4.69. The van der Waals surface area contributed by atoms with Crippen molar-refractivity contribution in [2.24, 2.45) is 0 Å². The lowest BCUT2D eigenvalue weighted by molar-refractivity contribution is -0.143. The summed E-state index contributed by atoms with van der Waals surface area (Å²) < 4.78 is 9.25. The molecule has 0 bridgehead atoms. The van der Waals surface area contributed by atoms with Gasteiger partial charge in [0.25, 0.3) is 0 Å². The lowest BCUT2D eigenvalue weighted by Gasteiger charge is -2.09. The number of hydrogen-bond donors (Lipinski definition) is 2. The summed E-state index contributed by atoms with van der Waals surface area (Å²) >= 11 is 0. The van der Waals surface area contributed by atoms with E-state index in [4.69, 9.17) is 5.11 Å². The van der Waals surface area contributed by atoms with E-state index in [-0.39, 0.29) is 6.61 Å². The first-order valence-electron chi connectivity index (χ1n) is 5.72. The fourth-order valence-corrected chi connectivity index (χ4v) is 1.47. The number of ether oxygens (including phenoxy) is 2. The molecule has 1 rings (SSSR count). The number of carboxylic acids is 1. The van der Waals surface area contributed by atoms with Crippen molar-refractivity contribution in [2.75, 3.05) is 25.6 Å². The molecule has 1 aromatic carbocycles. The second-order valence-corrected chi connectivity index (χ2v) is 3.96. The van der Waals surface area contributed by atoms with Gasteiger partial charge in [0.05, 0.1) is 12.7 Å². The summed E-state index contributed by atoms with van der Waals surface area (Å²) in [6.45, 7) is 0.832. The summed E-state index contributed by atoms with van der Waals surface area (Å²) in [7, 11) is 1.28. The number of rotatable bonds is 6. The highest BCUT2D eigenvalue weighted by Crippen LogP contribution is 2.17. The summed E-state index contributed by atoms with van der Waals surface area (Å²) in [6, 6.07) is 4.67. The van der Waals surface area contributed by atoms with Crippen molar-refractivity contribution in [3.8, 4) is 0 Å². The van der Waals surface area contributed by atoms with Crippen molar-refractivity contribution in [3.05, 3.63) is 29.3 Å². The van der Waals surface area contributed by atoms with Crippen LogP contribution in [0, 0.1) is 6.92 Å². The highest BCUT2D eigenvalue weighted by Gasteiger charge is 2.10. The molecule has 0 saturated carbocycles. The van der Waals surface area contributed by atoms with Crippen LogP contribution < -0.4 is 5.32 Å². The molecule has 7 heteroatoms. The predicted molar refractivity (Wildman–Crippen MR) is 69.6 cm³/mol. The Morgan fingerprint density at radius 2 is 1.95 bits per heavy atom. The van der Waals surface area contributed by atoms with Crippen LogP contribution in [0.25, 0.3) is 0 Å². The molecular formula is C13H15NO6. The number of aliphatic carboxylic acids is 1. The number of amides is 1. The number of benzene rings is 1. The second kappa shape index (κ2) is 7.25. The topological polar surface area (TPSA) is 102 Å². The van der Waals surface area contributed by atoms with Crippen LogP contribution in [0.2, 0.25) is 0 Å². The minimum atomic E-state index is -1.14. The zero-order valence-electron chi connectivity index (χ0n) is 11.1. The van der Waals surface area contributed by atoms with Crippen LogP contribution in [0.4, 0.5) is 5.69 Å². The third-order valence-corrected chi connectivity index (χ3v) is 2.38. The van der Waals surface area contributed by atoms with Gasteiger partial charge in [0.15, 0.2) is 0 Å². The number of esters is 1. The quantitative estimate of drug-likeness (QED) is 0.748. The van der Waals surface area contributed by atoms with E-state index in [1.807, 2.05) is 0 Å². The molecule has 0 radical (unpaired) electrons. The average molecular weight is 281 g/mol. The zero-order chi connectivity index (χ0) is 15.1. The number of nitrogens with one attached hydrogen (secondary N) is 1. The Hall–Kier alpha value is -2.41. The maximum absolute atomic E-state index is 11.5. The van der Waals surface area contributed by atoms with Crippen LogP contribution in [0.3, 0.4) is 0 Å². The maximum atomic E-state index is 11.5. The maximum Gasteiger partial charge on any atom is 0.337 e. The molecule has 0 aliphatic heterocycles. The first kappa shape index (κ1) is 15.6. The smallest absolute Gasteiger partial charge is 0.337 e. The molecule has 2 N–H and O–H groups in total. The minimum Gasteiger partial charge on any atom is -0.480 e. The molecule has 0 atom stereocenters. The second-order valence-electron chi connectivity index (χ2n) is 3.96. The highest BCUT2D eigenvalue weighted by atomic mass is 16.5. The fourth-order valence-electron chi connectivity index (χ4n) is 1.47. The monoisotopic (exact) mass is 281 g/mol. The van der Waals surface area contributed by atoms with Gasteiger partial charge < -0.3 is 19.9 Å². The van der Waals surface area contributed by atoms with Crippen LogP contribution in [0.5, 0.6) is 0 Å². The molecule has 0 aromatic heterocycles. The molecular weight excluding hydrogens is 266 g/mol.